The summed E-state index contributed by atoms with van der Waals surface area (Å²) in [6.07, 6.45) is 10.4. The molecule has 0 aliphatic heterocycles. The largest absolute Gasteiger partial charge is 0.378 e. The number of unbranched alkanes of at least 4 members (excludes halogenated alkanes) is 2. The van der Waals surface area contributed by atoms with Crippen molar-refractivity contribution < 1.29 is 9.53 Å². The highest BCUT2D eigenvalue weighted by molar-refractivity contribution is 5.85. The first-order valence-electron chi connectivity index (χ1n) is 10.4. The van der Waals surface area contributed by atoms with Crippen molar-refractivity contribution in [3.8, 4) is 0 Å². The van der Waals surface area contributed by atoms with Gasteiger partial charge < -0.3 is 20.7 Å². The van der Waals surface area contributed by atoms with E-state index in [0.717, 1.165) is 39.0 Å². The molecule has 26 heavy (non-hydrogen) atoms. The van der Waals surface area contributed by atoms with Gasteiger partial charge in [0.1, 0.15) is 6.54 Å². The van der Waals surface area contributed by atoms with Gasteiger partial charge in [0.05, 0.1) is 6.10 Å². The van der Waals surface area contributed by atoms with Crippen LogP contribution in [0.15, 0.2) is 4.99 Å². The monoisotopic (exact) mass is 368 g/mol. The fourth-order valence-electron chi connectivity index (χ4n) is 3.04. The van der Waals surface area contributed by atoms with Crippen molar-refractivity contribution in [3.05, 3.63) is 0 Å². The molecule has 0 unspecified atom stereocenters. The molecule has 1 aliphatic rings. The lowest BCUT2D eigenvalue weighted by Crippen LogP contribution is -2.43. The van der Waals surface area contributed by atoms with Gasteiger partial charge in [-0.1, -0.05) is 19.3 Å². The van der Waals surface area contributed by atoms with Gasteiger partial charge in [-0.05, 0) is 59.8 Å². The number of guanidine groups is 1. The van der Waals surface area contributed by atoms with Crippen molar-refractivity contribution in [1.29, 1.82) is 0 Å². The predicted octanol–water partition coefficient (Wildman–Crippen LogP) is 2.98. The molecule has 3 N–H and O–H groups in total. The van der Waals surface area contributed by atoms with E-state index < -0.39 is 0 Å². The number of rotatable bonds is 10. The van der Waals surface area contributed by atoms with Crippen molar-refractivity contribution in [1.82, 2.24) is 16.0 Å². The molecule has 1 saturated carbocycles. The number of nitrogens with one attached hydrogen (secondary N) is 3. The second-order valence-electron chi connectivity index (χ2n) is 8.11. The molecular weight excluding hydrogens is 328 g/mol. The van der Waals surface area contributed by atoms with Gasteiger partial charge in [0.15, 0.2) is 5.96 Å². The van der Waals surface area contributed by atoms with Crippen molar-refractivity contribution in [2.45, 2.75) is 90.7 Å². The van der Waals surface area contributed by atoms with Gasteiger partial charge in [-0.25, -0.2) is 4.99 Å². The normalized spacial score (nSPS) is 16.4. The Hall–Kier alpha value is -1.30. The molecule has 1 amide bonds. The quantitative estimate of drug-likeness (QED) is 0.315. The molecule has 0 heterocycles. The maximum atomic E-state index is 11.9. The first kappa shape index (κ1) is 22.7. The Bertz CT molecular complexity index is 413. The highest BCUT2D eigenvalue weighted by Gasteiger charge is 2.14. The number of nitrogens with zero attached hydrogens (tertiary/aromatic N) is 1. The molecule has 0 atom stereocenters. The number of ether oxygens (including phenoxy) is 1. The van der Waals surface area contributed by atoms with Crippen LogP contribution in [0.5, 0.6) is 0 Å². The van der Waals surface area contributed by atoms with E-state index in [1.54, 1.807) is 0 Å². The molecule has 1 rings (SSSR count). The third kappa shape index (κ3) is 12.1. The number of carbonyl (C=O) groups excluding carboxylic acids is 1. The molecule has 0 aromatic carbocycles. The van der Waals surface area contributed by atoms with Gasteiger partial charge in [-0.2, -0.15) is 0 Å². The Morgan fingerprint density at radius 3 is 2.46 bits per heavy atom. The SMILES string of the molecule is CCNC(=NCC(=O)NC(C)(C)C)NCCCCCOC1CCCCC1. The lowest BCUT2D eigenvalue weighted by atomic mass is 9.98. The average molecular weight is 369 g/mol. The summed E-state index contributed by atoms with van der Waals surface area (Å²) in [5.74, 6) is 0.643. The number of hydrogen-bond acceptors (Lipinski definition) is 3. The minimum atomic E-state index is -0.224. The summed E-state index contributed by atoms with van der Waals surface area (Å²) in [6.45, 7) is 10.6. The minimum absolute atomic E-state index is 0.0606. The molecule has 0 saturated heterocycles. The molecule has 6 heteroatoms. The Kier molecular flexibility index (Phi) is 11.3. The molecule has 0 aromatic rings. The van der Waals surface area contributed by atoms with Gasteiger partial charge in [0, 0.05) is 25.2 Å². The van der Waals surface area contributed by atoms with Gasteiger partial charge >= 0.3 is 0 Å². The zero-order valence-electron chi connectivity index (χ0n) is 17.3. The first-order chi connectivity index (χ1) is 12.4. The molecule has 6 nitrogen and oxygen atoms in total. The summed E-state index contributed by atoms with van der Waals surface area (Å²) < 4.78 is 5.95. The van der Waals surface area contributed by atoms with Crippen LogP contribution in [0, 0.1) is 0 Å². The van der Waals surface area contributed by atoms with Crippen LogP contribution in [-0.4, -0.2) is 49.8 Å². The maximum Gasteiger partial charge on any atom is 0.242 e. The van der Waals surface area contributed by atoms with Crippen LogP contribution in [0.25, 0.3) is 0 Å². The molecule has 1 aliphatic carbocycles. The Morgan fingerprint density at radius 1 is 1.08 bits per heavy atom. The van der Waals surface area contributed by atoms with Crippen LogP contribution < -0.4 is 16.0 Å². The number of hydrogen-bond donors (Lipinski definition) is 3. The standard InChI is InChI=1S/C20H40N4O2/c1-5-21-19(23-16-18(25)24-20(2,3)4)22-14-10-7-11-15-26-17-12-8-6-9-13-17/h17H,5-16H2,1-4H3,(H,24,25)(H2,21,22,23). The topological polar surface area (TPSA) is 74.8 Å². The summed E-state index contributed by atoms with van der Waals surface area (Å²) in [5.41, 5.74) is -0.224. The smallest absolute Gasteiger partial charge is 0.242 e. The van der Waals surface area contributed by atoms with Gasteiger partial charge in [0.25, 0.3) is 0 Å². The highest BCUT2D eigenvalue weighted by atomic mass is 16.5. The van der Waals surface area contributed by atoms with Gasteiger partial charge in [0.2, 0.25) is 5.91 Å². The lowest BCUT2D eigenvalue weighted by molar-refractivity contribution is -0.121. The lowest BCUT2D eigenvalue weighted by Gasteiger charge is -2.21. The van der Waals surface area contributed by atoms with E-state index >= 15 is 0 Å². The second-order valence-corrected chi connectivity index (χ2v) is 8.11. The van der Waals surface area contributed by atoms with Crippen LogP contribution in [0.1, 0.15) is 79.1 Å². The summed E-state index contributed by atoms with van der Waals surface area (Å²) in [6, 6.07) is 0. The second kappa shape index (κ2) is 13.0. The zero-order valence-corrected chi connectivity index (χ0v) is 17.3. The zero-order chi connectivity index (χ0) is 19.3. The van der Waals surface area contributed by atoms with Crippen molar-refractivity contribution >= 4 is 11.9 Å². The molecule has 152 valence electrons. The van der Waals surface area contributed by atoms with E-state index in [2.05, 4.69) is 20.9 Å². The van der Waals surface area contributed by atoms with Crippen LogP contribution in [-0.2, 0) is 9.53 Å². The third-order valence-electron chi connectivity index (χ3n) is 4.26. The highest BCUT2D eigenvalue weighted by Crippen LogP contribution is 2.20. The number of aliphatic imine (C=N–C) groups is 1. The summed E-state index contributed by atoms with van der Waals surface area (Å²) >= 11 is 0. The molecule has 1 fully saturated rings. The molecular formula is C20H40N4O2. The van der Waals surface area contributed by atoms with Crippen molar-refractivity contribution in [3.63, 3.8) is 0 Å². The van der Waals surface area contributed by atoms with Crippen LogP contribution in [0.4, 0.5) is 0 Å². The molecule has 0 bridgehead atoms. The van der Waals surface area contributed by atoms with E-state index in [4.69, 9.17) is 4.74 Å². The van der Waals surface area contributed by atoms with E-state index in [1.165, 1.54) is 32.1 Å². The number of amides is 1. The fourth-order valence-corrected chi connectivity index (χ4v) is 3.04. The van der Waals surface area contributed by atoms with Crippen molar-refractivity contribution in [2.24, 2.45) is 4.99 Å². The predicted molar refractivity (Wildman–Crippen MR) is 109 cm³/mol. The molecule has 0 aromatic heterocycles. The van der Waals surface area contributed by atoms with Crippen LogP contribution >= 0.6 is 0 Å². The van der Waals surface area contributed by atoms with Crippen molar-refractivity contribution in [2.75, 3.05) is 26.2 Å². The number of carbonyl (C=O) groups is 1. The minimum Gasteiger partial charge on any atom is -0.378 e. The van der Waals surface area contributed by atoms with Crippen LogP contribution in [0.3, 0.4) is 0 Å². The van der Waals surface area contributed by atoms with Gasteiger partial charge in [-0.3, -0.25) is 4.79 Å². The van der Waals surface area contributed by atoms with Crippen LogP contribution in [0.2, 0.25) is 0 Å². The summed E-state index contributed by atoms with van der Waals surface area (Å²) in [5, 5.41) is 9.40. The third-order valence-corrected chi connectivity index (χ3v) is 4.26. The fraction of sp³-hybridized carbons (Fsp3) is 0.900. The summed E-state index contributed by atoms with van der Waals surface area (Å²) in [7, 11) is 0. The van der Waals surface area contributed by atoms with Gasteiger partial charge in [-0.15, -0.1) is 0 Å². The Morgan fingerprint density at radius 2 is 1.81 bits per heavy atom. The summed E-state index contributed by atoms with van der Waals surface area (Å²) in [4.78, 5) is 16.2. The Balaban J connectivity index is 2.12. The van der Waals surface area contributed by atoms with E-state index in [0.29, 0.717) is 12.1 Å². The van der Waals surface area contributed by atoms with E-state index in [9.17, 15) is 4.79 Å². The molecule has 0 radical (unpaired) electrons. The first-order valence-corrected chi connectivity index (χ1v) is 10.4. The molecule has 0 spiro atoms. The Labute approximate surface area is 159 Å². The van der Waals surface area contributed by atoms with E-state index in [-0.39, 0.29) is 18.0 Å². The average Bonchev–Trinajstić information content (AvgIpc) is 2.58. The maximum absolute atomic E-state index is 11.9. The van der Waals surface area contributed by atoms with E-state index in [1.807, 2.05) is 27.7 Å².